The number of hydrogen-bond donors (Lipinski definition) is 3. The van der Waals surface area contributed by atoms with Crippen LogP contribution in [0.3, 0.4) is 0 Å². The van der Waals surface area contributed by atoms with Gasteiger partial charge in [-0.2, -0.15) is 0 Å². The fraction of sp³-hybridized carbons (Fsp3) is 0.250. The molecule has 0 amide bonds. The highest BCUT2D eigenvalue weighted by Gasteiger charge is 2.11. The molecule has 1 aromatic heterocycles. The van der Waals surface area contributed by atoms with E-state index in [2.05, 4.69) is 10.3 Å². The summed E-state index contributed by atoms with van der Waals surface area (Å²) in [5.74, 6) is 0.935. The molecular weight excluding hydrogens is 380 g/mol. The number of benzene rings is 3. The van der Waals surface area contributed by atoms with E-state index in [-0.39, 0.29) is 24.7 Å². The molecule has 0 aliphatic heterocycles. The van der Waals surface area contributed by atoms with Gasteiger partial charge in [0.1, 0.15) is 25.0 Å². The molecule has 30 heavy (non-hydrogen) atoms. The molecule has 0 fully saturated rings. The van der Waals surface area contributed by atoms with Crippen LogP contribution in [-0.2, 0) is 0 Å². The molecule has 0 spiro atoms. The van der Waals surface area contributed by atoms with E-state index in [9.17, 15) is 5.11 Å². The summed E-state index contributed by atoms with van der Waals surface area (Å²) in [6, 6.07) is 19.8. The second kappa shape index (κ2) is 9.52. The zero-order valence-corrected chi connectivity index (χ0v) is 16.5. The van der Waals surface area contributed by atoms with Crippen LogP contribution in [0.5, 0.6) is 17.2 Å². The van der Waals surface area contributed by atoms with Crippen molar-refractivity contribution in [3.8, 4) is 17.2 Å². The molecule has 0 unspecified atom stereocenters. The highest BCUT2D eigenvalue weighted by Crippen LogP contribution is 2.33. The average Bonchev–Trinajstić information content (AvgIpc) is 3.21. The minimum absolute atomic E-state index is 0.0661. The van der Waals surface area contributed by atoms with E-state index in [4.69, 9.17) is 19.7 Å². The number of aromatic amines is 1. The maximum absolute atomic E-state index is 10.4. The Labute approximate surface area is 181 Å². The van der Waals surface area contributed by atoms with Crippen molar-refractivity contribution in [1.29, 1.82) is 0 Å². The number of para-hydroxylation sites is 3. The quantitative estimate of drug-likeness (QED) is 0.371. The normalized spacial score (nSPS) is 15.1. The van der Waals surface area contributed by atoms with Gasteiger partial charge in [0.25, 0.3) is 0 Å². The van der Waals surface area contributed by atoms with Gasteiger partial charge in [0.2, 0.25) is 0 Å². The van der Waals surface area contributed by atoms with Crippen molar-refractivity contribution in [2.75, 3.05) is 33.3 Å². The second-order valence-corrected chi connectivity index (χ2v) is 6.68. The maximum atomic E-state index is 10.4. The number of nitrogens with one attached hydrogen (secondary N) is 2. The van der Waals surface area contributed by atoms with Crippen LogP contribution in [-0.4, -0.2) is 49.5 Å². The van der Waals surface area contributed by atoms with E-state index in [1.54, 1.807) is 18.2 Å². The van der Waals surface area contributed by atoms with Gasteiger partial charge in [0, 0.05) is 32.1 Å². The molecule has 3 N–H and O–H groups in total. The molecule has 0 saturated heterocycles. The lowest BCUT2D eigenvalue weighted by Gasteiger charge is -2.15. The zero-order chi connectivity index (χ0) is 24.3. The van der Waals surface area contributed by atoms with Crippen LogP contribution >= 0.6 is 0 Å². The lowest BCUT2D eigenvalue weighted by atomic mass is 10.1. The van der Waals surface area contributed by atoms with Gasteiger partial charge >= 0.3 is 0 Å². The summed E-state index contributed by atoms with van der Waals surface area (Å²) in [6.07, 6.45) is -1.10. The third-order valence-corrected chi connectivity index (χ3v) is 4.63. The van der Waals surface area contributed by atoms with Crippen molar-refractivity contribution in [3.05, 3.63) is 66.7 Å². The van der Waals surface area contributed by atoms with E-state index in [1.807, 2.05) is 42.5 Å². The Balaban J connectivity index is 1.39. The van der Waals surface area contributed by atoms with Crippen LogP contribution in [0.15, 0.2) is 66.7 Å². The largest absolute Gasteiger partial charge is 0.493 e. The molecule has 3 aromatic carbocycles. The van der Waals surface area contributed by atoms with Gasteiger partial charge in [-0.15, -0.1) is 0 Å². The monoisotopic (exact) mass is 410 g/mol. The number of aromatic nitrogens is 1. The fourth-order valence-electron chi connectivity index (χ4n) is 3.22. The van der Waals surface area contributed by atoms with E-state index in [0.717, 1.165) is 21.8 Å². The van der Waals surface area contributed by atoms with Gasteiger partial charge in [0.05, 0.1) is 15.4 Å². The SMILES string of the molecule is [2H]C([2H])(NC[C@H](O)COc1cccc2[nH]c3ccccc3c12)C([2H])([2H])Oc1ccccc1OC. The number of aliphatic hydroxyl groups is 1. The summed E-state index contributed by atoms with van der Waals surface area (Å²) in [6.45, 7) is -5.74. The van der Waals surface area contributed by atoms with Gasteiger partial charge < -0.3 is 29.6 Å². The number of hydrogen-bond acceptors (Lipinski definition) is 5. The number of aliphatic hydroxyl groups excluding tert-OH is 1. The number of ether oxygens (including phenoxy) is 3. The summed E-state index contributed by atoms with van der Waals surface area (Å²) in [5, 5.41) is 14.7. The number of fused-ring (bicyclic) bond motifs is 3. The number of H-pyrrole nitrogens is 1. The van der Waals surface area contributed by atoms with Gasteiger partial charge in [-0.1, -0.05) is 36.4 Å². The van der Waals surface area contributed by atoms with E-state index < -0.39 is 19.2 Å². The van der Waals surface area contributed by atoms with E-state index >= 15 is 0 Å². The minimum atomic E-state index is -2.75. The maximum Gasteiger partial charge on any atom is 0.161 e. The zero-order valence-electron chi connectivity index (χ0n) is 20.5. The van der Waals surface area contributed by atoms with Crippen molar-refractivity contribution in [3.63, 3.8) is 0 Å². The standard InChI is InChI=1S/C24H26N2O4/c1-28-21-10-4-5-11-22(21)29-14-13-25-15-17(27)16-30-23-12-6-9-20-24(23)18-7-2-3-8-19(18)26-20/h2-12,17,25-27H,13-16H2,1H3/t17-/m0/s1/i13D2,14D2. The van der Waals surface area contributed by atoms with Crippen molar-refractivity contribution >= 4 is 21.8 Å². The van der Waals surface area contributed by atoms with Crippen molar-refractivity contribution < 1.29 is 24.8 Å². The summed E-state index contributed by atoms with van der Waals surface area (Å²) in [5.41, 5.74) is 1.88. The Morgan fingerprint density at radius 3 is 2.53 bits per heavy atom. The molecule has 0 aliphatic carbocycles. The van der Waals surface area contributed by atoms with E-state index in [1.165, 1.54) is 13.2 Å². The Kier molecular flexibility index (Phi) is 4.95. The average molecular weight is 411 g/mol. The van der Waals surface area contributed by atoms with Gasteiger partial charge in [-0.25, -0.2) is 0 Å². The Morgan fingerprint density at radius 1 is 0.933 bits per heavy atom. The fourth-order valence-corrected chi connectivity index (χ4v) is 3.22. The first-order chi connectivity index (χ1) is 16.2. The first-order valence-electron chi connectivity index (χ1n) is 11.6. The van der Waals surface area contributed by atoms with Crippen LogP contribution in [0, 0.1) is 0 Å². The third-order valence-electron chi connectivity index (χ3n) is 4.63. The molecule has 0 bridgehead atoms. The lowest BCUT2D eigenvalue weighted by molar-refractivity contribution is 0.106. The van der Waals surface area contributed by atoms with Crippen LogP contribution in [0.2, 0.25) is 0 Å². The first kappa shape index (κ1) is 15.6. The van der Waals surface area contributed by atoms with E-state index in [0.29, 0.717) is 5.75 Å². The van der Waals surface area contributed by atoms with Gasteiger partial charge in [0.15, 0.2) is 11.5 Å². The smallest absolute Gasteiger partial charge is 0.161 e. The molecule has 0 radical (unpaired) electrons. The van der Waals surface area contributed by atoms with Gasteiger partial charge in [-0.3, -0.25) is 0 Å². The van der Waals surface area contributed by atoms with Gasteiger partial charge in [-0.05, 0) is 30.3 Å². The highest BCUT2D eigenvalue weighted by atomic mass is 16.5. The van der Waals surface area contributed by atoms with Crippen LogP contribution in [0.4, 0.5) is 0 Å². The summed E-state index contributed by atoms with van der Waals surface area (Å²) in [7, 11) is 1.41. The molecule has 6 nitrogen and oxygen atoms in total. The molecule has 1 heterocycles. The minimum Gasteiger partial charge on any atom is -0.493 e. The number of rotatable bonds is 10. The van der Waals surface area contributed by atoms with Crippen molar-refractivity contribution in [2.24, 2.45) is 0 Å². The lowest BCUT2D eigenvalue weighted by Crippen LogP contribution is -2.33. The Hall–Kier alpha value is -3.22. The van der Waals surface area contributed by atoms with Crippen LogP contribution < -0.4 is 19.5 Å². The topological polar surface area (TPSA) is 75.7 Å². The predicted octanol–water partition coefficient (Wildman–Crippen LogP) is 3.74. The first-order valence-corrected chi connectivity index (χ1v) is 9.59. The summed E-state index contributed by atoms with van der Waals surface area (Å²) < 4.78 is 48.7. The Bertz CT molecular complexity index is 1280. The van der Waals surface area contributed by atoms with Crippen molar-refractivity contribution in [2.45, 2.75) is 6.10 Å². The third kappa shape index (κ3) is 4.50. The highest BCUT2D eigenvalue weighted by molar-refractivity contribution is 6.10. The second-order valence-electron chi connectivity index (χ2n) is 6.68. The molecule has 4 aromatic rings. The molecule has 0 saturated carbocycles. The summed E-state index contributed by atoms with van der Waals surface area (Å²) in [4.78, 5) is 3.33. The summed E-state index contributed by atoms with van der Waals surface area (Å²) >= 11 is 0. The van der Waals surface area contributed by atoms with Crippen LogP contribution in [0.1, 0.15) is 5.48 Å². The Morgan fingerprint density at radius 2 is 1.67 bits per heavy atom. The molecule has 1 atom stereocenters. The predicted molar refractivity (Wildman–Crippen MR) is 119 cm³/mol. The van der Waals surface area contributed by atoms with Crippen molar-refractivity contribution in [1.82, 2.24) is 10.3 Å². The molecule has 6 heteroatoms. The molecule has 156 valence electrons. The van der Waals surface area contributed by atoms with Crippen LogP contribution in [0.25, 0.3) is 21.8 Å². The number of methoxy groups -OCH3 is 1. The molecular formula is C24H26N2O4. The molecule has 4 rings (SSSR count). The molecule has 0 aliphatic rings.